The molecule has 1 atom stereocenters. The number of nitrogens with zero attached hydrogens (tertiary/aromatic N) is 1. The third-order valence-electron chi connectivity index (χ3n) is 2.88. The van der Waals surface area contributed by atoms with Crippen molar-refractivity contribution in [2.24, 2.45) is 0 Å². The third-order valence-corrected chi connectivity index (χ3v) is 3.13. The van der Waals surface area contributed by atoms with Crippen molar-refractivity contribution in [1.82, 2.24) is 15.3 Å². The number of imidazole rings is 1. The van der Waals surface area contributed by atoms with Crippen LogP contribution in [0, 0.1) is 0 Å². The van der Waals surface area contributed by atoms with Crippen molar-refractivity contribution >= 4 is 11.6 Å². The van der Waals surface area contributed by atoms with Gasteiger partial charge in [-0.25, -0.2) is 4.98 Å². The van der Waals surface area contributed by atoms with Crippen LogP contribution in [0.25, 0.3) is 0 Å². The lowest BCUT2D eigenvalue weighted by molar-refractivity contribution is 0.512. The third kappa shape index (κ3) is 3.86. The Morgan fingerprint density at radius 1 is 1.28 bits per heavy atom. The van der Waals surface area contributed by atoms with Gasteiger partial charge < -0.3 is 10.3 Å². The van der Waals surface area contributed by atoms with Gasteiger partial charge in [0.05, 0.1) is 0 Å². The van der Waals surface area contributed by atoms with Crippen molar-refractivity contribution in [3.63, 3.8) is 0 Å². The number of rotatable bonds is 6. The van der Waals surface area contributed by atoms with E-state index in [-0.39, 0.29) is 0 Å². The molecule has 0 bridgehead atoms. The molecule has 1 aromatic carbocycles. The van der Waals surface area contributed by atoms with Crippen molar-refractivity contribution in [2.75, 3.05) is 6.54 Å². The highest BCUT2D eigenvalue weighted by Gasteiger charge is 2.10. The van der Waals surface area contributed by atoms with Crippen molar-refractivity contribution in [3.8, 4) is 0 Å². The normalized spacial score (nSPS) is 12.6. The molecular formula is C14H18ClN3. The van der Waals surface area contributed by atoms with Gasteiger partial charge in [0.25, 0.3) is 0 Å². The molecule has 0 aliphatic heterocycles. The van der Waals surface area contributed by atoms with Crippen molar-refractivity contribution in [1.29, 1.82) is 0 Å². The number of aromatic amines is 1. The number of likely N-dealkylation sites (N-methyl/N-ethyl adjacent to an activating group) is 1. The van der Waals surface area contributed by atoms with Crippen molar-refractivity contribution in [3.05, 3.63) is 53.1 Å². The smallest absolute Gasteiger partial charge is 0.107 e. The fourth-order valence-corrected chi connectivity index (χ4v) is 2.18. The maximum Gasteiger partial charge on any atom is 0.107 e. The summed E-state index contributed by atoms with van der Waals surface area (Å²) in [4.78, 5) is 7.43. The first kappa shape index (κ1) is 13.1. The molecule has 1 aromatic heterocycles. The fraction of sp³-hybridized carbons (Fsp3) is 0.357. The minimum Gasteiger partial charge on any atom is -0.349 e. The predicted molar refractivity (Wildman–Crippen MR) is 74.9 cm³/mol. The van der Waals surface area contributed by atoms with Gasteiger partial charge in [-0.15, -0.1) is 0 Å². The molecule has 2 rings (SSSR count). The molecule has 0 aliphatic carbocycles. The highest BCUT2D eigenvalue weighted by molar-refractivity contribution is 6.30. The SMILES string of the molecule is CCNC(Cc1ccc(Cl)cc1)Cc1ncc[nH]1. The Kier molecular flexibility index (Phi) is 4.79. The van der Waals surface area contributed by atoms with Crippen LogP contribution in [0.15, 0.2) is 36.7 Å². The van der Waals surface area contributed by atoms with Crippen LogP contribution in [0.5, 0.6) is 0 Å². The molecule has 0 amide bonds. The van der Waals surface area contributed by atoms with Gasteiger partial charge in [0.15, 0.2) is 0 Å². The lowest BCUT2D eigenvalue weighted by Gasteiger charge is -2.16. The monoisotopic (exact) mass is 263 g/mol. The Hall–Kier alpha value is -1.32. The average Bonchev–Trinajstić information content (AvgIpc) is 2.85. The zero-order valence-electron chi connectivity index (χ0n) is 10.5. The van der Waals surface area contributed by atoms with E-state index in [1.165, 1.54) is 5.56 Å². The number of H-pyrrole nitrogens is 1. The minimum atomic E-state index is 0.391. The summed E-state index contributed by atoms with van der Waals surface area (Å²) in [6.45, 7) is 3.08. The highest BCUT2D eigenvalue weighted by Crippen LogP contribution is 2.12. The van der Waals surface area contributed by atoms with E-state index < -0.39 is 0 Å². The maximum atomic E-state index is 5.89. The molecule has 0 saturated carbocycles. The van der Waals surface area contributed by atoms with Crippen LogP contribution < -0.4 is 5.32 Å². The maximum absolute atomic E-state index is 5.89. The van der Waals surface area contributed by atoms with E-state index in [0.29, 0.717) is 6.04 Å². The standard InChI is InChI=1S/C14H18ClN3/c1-2-16-13(10-14-17-7-8-18-14)9-11-3-5-12(15)6-4-11/h3-8,13,16H,2,9-10H2,1H3,(H,17,18). The second-order valence-electron chi connectivity index (χ2n) is 4.33. The Morgan fingerprint density at radius 2 is 2.06 bits per heavy atom. The van der Waals surface area contributed by atoms with Gasteiger partial charge in [0.1, 0.15) is 5.82 Å². The van der Waals surface area contributed by atoms with Crippen LogP contribution in [0.3, 0.4) is 0 Å². The van der Waals surface area contributed by atoms with E-state index in [0.717, 1.165) is 30.2 Å². The second-order valence-corrected chi connectivity index (χ2v) is 4.76. The number of halogens is 1. The van der Waals surface area contributed by atoms with Crippen LogP contribution in [-0.2, 0) is 12.8 Å². The van der Waals surface area contributed by atoms with Crippen LogP contribution in [-0.4, -0.2) is 22.6 Å². The predicted octanol–water partition coefficient (Wildman–Crippen LogP) is 2.83. The number of benzene rings is 1. The van der Waals surface area contributed by atoms with E-state index in [9.17, 15) is 0 Å². The van der Waals surface area contributed by atoms with Gasteiger partial charge in [-0.05, 0) is 30.7 Å². The number of hydrogen-bond acceptors (Lipinski definition) is 2. The number of hydrogen-bond donors (Lipinski definition) is 2. The van der Waals surface area contributed by atoms with Crippen molar-refractivity contribution < 1.29 is 0 Å². The van der Waals surface area contributed by atoms with E-state index in [1.54, 1.807) is 6.20 Å². The van der Waals surface area contributed by atoms with Gasteiger partial charge in [-0.3, -0.25) is 0 Å². The summed E-state index contributed by atoms with van der Waals surface area (Å²) in [7, 11) is 0. The highest BCUT2D eigenvalue weighted by atomic mass is 35.5. The summed E-state index contributed by atoms with van der Waals surface area (Å²) in [5.74, 6) is 1.02. The van der Waals surface area contributed by atoms with Crippen LogP contribution in [0.2, 0.25) is 5.02 Å². The molecule has 0 fully saturated rings. The average molecular weight is 264 g/mol. The number of nitrogens with one attached hydrogen (secondary N) is 2. The zero-order chi connectivity index (χ0) is 12.8. The molecule has 96 valence electrons. The minimum absolute atomic E-state index is 0.391. The Balaban J connectivity index is 1.99. The summed E-state index contributed by atoms with van der Waals surface area (Å²) in [5, 5.41) is 4.27. The van der Waals surface area contributed by atoms with Gasteiger partial charge in [0, 0.05) is 29.9 Å². The molecule has 2 aromatic rings. The molecule has 0 aliphatic rings. The molecule has 0 radical (unpaired) electrons. The van der Waals surface area contributed by atoms with Gasteiger partial charge in [-0.2, -0.15) is 0 Å². The fourth-order valence-electron chi connectivity index (χ4n) is 2.05. The van der Waals surface area contributed by atoms with E-state index in [1.807, 2.05) is 18.3 Å². The van der Waals surface area contributed by atoms with Gasteiger partial charge >= 0.3 is 0 Å². The van der Waals surface area contributed by atoms with Crippen molar-refractivity contribution in [2.45, 2.75) is 25.8 Å². The molecule has 4 heteroatoms. The van der Waals surface area contributed by atoms with E-state index in [2.05, 4.69) is 34.3 Å². The summed E-state index contributed by atoms with van der Waals surface area (Å²) < 4.78 is 0. The molecule has 1 heterocycles. The Labute approximate surface area is 113 Å². The van der Waals surface area contributed by atoms with Crippen LogP contribution >= 0.6 is 11.6 Å². The molecule has 18 heavy (non-hydrogen) atoms. The Bertz CT molecular complexity index is 450. The largest absolute Gasteiger partial charge is 0.349 e. The van der Waals surface area contributed by atoms with Crippen LogP contribution in [0.1, 0.15) is 18.3 Å². The summed E-state index contributed by atoms with van der Waals surface area (Å²) in [6.07, 6.45) is 5.54. The summed E-state index contributed by atoms with van der Waals surface area (Å²) in [5.41, 5.74) is 1.29. The quantitative estimate of drug-likeness (QED) is 0.841. The molecular weight excluding hydrogens is 246 g/mol. The second kappa shape index (κ2) is 6.57. The topological polar surface area (TPSA) is 40.7 Å². The Morgan fingerprint density at radius 3 is 2.67 bits per heavy atom. The van der Waals surface area contributed by atoms with E-state index in [4.69, 9.17) is 11.6 Å². The van der Waals surface area contributed by atoms with E-state index >= 15 is 0 Å². The number of aromatic nitrogens is 2. The lowest BCUT2D eigenvalue weighted by Crippen LogP contribution is -2.33. The first-order valence-corrected chi connectivity index (χ1v) is 6.62. The lowest BCUT2D eigenvalue weighted by atomic mass is 10.0. The van der Waals surface area contributed by atoms with Gasteiger partial charge in [0.2, 0.25) is 0 Å². The first-order chi connectivity index (χ1) is 8.78. The summed E-state index contributed by atoms with van der Waals surface area (Å²) in [6, 6.07) is 8.42. The van der Waals surface area contributed by atoms with Gasteiger partial charge in [-0.1, -0.05) is 30.7 Å². The molecule has 2 N–H and O–H groups in total. The zero-order valence-corrected chi connectivity index (χ0v) is 11.2. The molecule has 0 spiro atoms. The molecule has 0 saturated heterocycles. The van der Waals surface area contributed by atoms with Crippen LogP contribution in [0.4, 0.5) is 0 Å². The summed E-state index contributed by atoms with van der Waals surface area (Å²) >= 11 is 5.89. The molecule has 1 unspecified atom stereocenters. The molecule has 3 nitrogen and oxygen atoms in total. The first-order valence-electron chi connectivity index (χ1n) is 6.24.